The molecule has 0 unspecified atom stereocenters. The summed E-state index contributed by atoms with van der Waals surface area (Å²) in [6, 6.07) is 4.16. The quantitative estimate of drug-likeness (QED) is 0.588. The molecule has 0 amide bonds. The Kier molecular flexibility index (Phi) is 4.97. The smallest absolute Gasteiger partial charge is 0.240 e. The van der Waals surface area contributed by atoms with Crippen LogP contribution in [0, 0.1) is 0 Å². The van der Waals surface area contributed by atoms with E-state index in [1.54, 1.807) is 0 Å². The molecule has 10 heteroatoms. The van der Waals surface area contributed by atoms with Gasteiger partial charge in [-0.05, 0) is 18.2 Å². The number of hydrogen-bond acceptors (Lipinski definition) is 6. The van der Waals surface area contributed by atoms with Crippen LogP contribution in [-0.2, 0) is 20.0 Å². The van der Waals surface area contributed by atoms with Crippen LogP contribution in [-0.4, -0.2) is 47.5 Å². The third-order valence-electron chi connectivity index (χ3n) is 2.54. The van der Waals surface area contributed by atoms with Crippen LogP contribution in [0.5, 0.6) is 0 Å². The molecule has 1 aromatic rings. The third-order valence-corrected chi connectivity index (χ3v) is 5.33. The van der Waals surface area contributed by atoms with Gasteiger partial charge in [0.1, 0.15) is 4.90 Å². The van der Waals surface area contributed by atoms with Crippen molar-refractivity contribution in [1.29, 1.82) is 0 Å². The first-order chi connectivity index (χ1) is 9.04. The highest BCUT2D eigenvalue weighted by molar-refractivity contribution is 7.89. The fourth-order valence-electron chi connectivity index (χ4n) is 1.42. The van der Waals surface area contributed by atoms with E-state index in [1.165, 1.54) is 32.3 Å². The van der Waals surface area contributed by atoms with Crippen molar-refractivity contribution < 1.29 is 16.8 Å². The maximum Gasteiger partial charge on any atom is 0.240 e. The predicted molar refractivity (Wildman–Crippen MR) is 78.2 cm³/mol. The molecule has 0 aliphatic heterocycles. The van der Waals surface area contributed by atoms with E-state index in [9.17, 15) is 16.8 Å². The second kappa shape index (κ2) is 5.95. The molecule has 0 fully saturated rings. The fourth-order valence-corrected chi connectivity index (χ4v) is 2.89. The summed E-state index contributed by atoms with van der Waals surface area (Å²) < 4.78 is 47.1. The van der Waals surface area contributed by atoms with E-state index in [1.807, 2.05) is 0 Å². The molecule has 0 saturated carbocycles. The van der Waals surface area contributed by atoms with Crippen molar-refractivity contribution in [2.75, 3.05) is 37.4 Å². The Balaban J connectivity index is 2.90. The molecule has 0 spiro atoms. The van der Waals surface area contributed by atoms with Gasteiger partial charge in [-0.1, -0.05) is 0 Å². The average Bonchev–Trinajstić information content (AvgIpc) is 2.29. The fraction of sp³-hybridized carbons (Fsp3) is 0.400. The molecule has 0 heterocycles. The van der Waals surface area contributed by atoms with Gasteiger partial charge in [0.25, 0.3) is 0 Å². The first-order valence-electron chi connectivity index (χ1n) is 5.60. The average molecular weight is 322 g/mol. The first kappa shape index (κ1) is 16.7. The Labute approximate surface area is 118 Å². The summed E-state index contributed by atoms with van der Waals surface area (Å²) in [4.78, 5) is -0.167. The van der Waals surface area contributed by atoms with Gasteiger partial charge >= 0.3 is 0 Å². The van der Waals surface area contributed by atoms with Crippen LogP contribution < -0.4 is 16.2 Å². The minimum atomic E-state index is -3.94. The second-order valence-electron chi connectivity index (χ2n) is 4.33. The van der Waals surface area contributed by atoms with Gasteiger partial charge in [0.05, 0.1) is 11.4 Å². The third kappa shape index (κ3) is 4.34. The topological polar surface area (TPSA) is 136 Å². The van der Waals surface area contributed by atoms with Crippen LogP contribution in [0.1, 0.15) is 0 Å². The van der Waals surface area contributed by atoms with Gasteiger partial charge in [0, 0.05) is 26.3 Å². The summed E-state index contributed by atoms with van der Waals surface area (Å²) in [6.45, 7) is 0.0486. The molecule has 0 saturated heterocycles. The summed E-state index contributed by atoms with van der Waals surface area (Å²) in [5.41, 5.74) is 5.98. The molecule has 0 radical (unpaired) electrons. The van der Waals surface area contributed by atoms with Gasteiger partial charge in [0.15, 0.2) is 0 Å². The lowest BCUT2D eigenvalue weighted by Crippen LogP contribution is -2.28. The number of nitrogen functional groups attached to an aromatic ring is 1. The summed E-state index contributed by atoms with van der Waals surface area (Å²) in [6.07, 6.45) is 0. The summed E-state index contributed by atoms with van der Waals surface area (Å²) in [5, 5.41) is 7.82. The number of rotatable bonds is 6. The monoisotopic (exact) mass is 322 g/mol. The number of anilines is 2. The van der Waals surface area contributed by atoms with E-state index in [2.05, 4.69) is 5.32 Å². The van der Waals surface area contributed by atoms with E-state index in [4.69, 9.17) is 10.9 Å². The maximum absolute atomic E-state index is 11.6. The number of nitrogens with zero attached hydrogens (tertiary/aromatic N) is 1. The summed E-state index contributed by atoms with van der Waals surface area (Å²) in [5.74, 6) is -0.172. The molecule has 0 aliphatic rings. The van der Waals surface area contributed by atoms with E-state index in [0.29, 0.717) is 0 Å². The molecule has 1 aromatic carbocycles. The zero-order valence-electron chi connectivity index (χ0n) is 11.2. The lowest BCUT2D eigenvalue weighted by molar-refractivity contribution is 0.521. The number of nitrogens with two attached hydrogens (primary N) is 2. The number of hydrogen-bond donors (Lipinski definition) is 3. The van der Waals surface area contributed by atoms with Crippen LogP contribution in [0.3, 0.4) is 0 Å². The van der Waals surface area contributed by atoms with Gasteiger partial charge in [0.2, 0.25) is 20.0 Å². The number of sulfonamides is 2. The molecule has 0 aliphatic carbocycles. The molecule has 8 nitrogen and oxygen atoms in total. The normalized spacial score (nSPS) is 12.6. The first-order valence-corrected chi connectivity index (χ1v) is 8.76. The van der Waals surface area contributed by atoms with Crippen molar-refractivity contribution in [2.24, 2.45) is 5.14 Å². The lowest BCUT2D eigenvalue weighted by atomic mass is 10.3. The van der Waals surface area contributed by atoms with E-state index in [-0.39, 0.29) is 28.6 Å². The van der Waals surface area contributed by atoms with Crippen LogP contribution in [0.15, 0.2) is 23.1 Å². The van der Waals surface area contributed by atoms with Gasteiger partial charge < -0.3 is 11.1 Å². The lowest BCUT2D eigenvalue weighted by Gasteiger charge is -2.14. The minimum absolute atomic E-state index is 0.0486. The SMILES string of the molecule is CN(C)S(=O)(=O)CCNc1ccc(N)cc1S(N)(=O)=O. The molecular weight excluding hydrogens is 304 g/mol. The predicted octanol–water partition coefficient (Wildman–Crippen LogP) is -0.780. The second-order valence-corrected chi connectivity index (χ2v) is 8.16. The van der Waals surface area contributed by atoms with Crippen LogP contribution in [0.2, 0.25) is 0 Å². The van der Waals surface area contributed by atoms with Gasteiger partial charge in [-0.3, -0.25) is 0 Å². The van der Waals surface area contributed by atoms with Crippen LogP contribution in [0.25, 0.3) is 0 Å². The molecular formula is C10H18N4O4S2. The van der Waals surface area contributed by atoms with Gasteiger partial charge in [-0.2, -0.15) is 0 Å². The summed E-state index contributed by atoms with van der Waals surface area (Å²) >= 11 is 0. The van der Waals surface area contributed by atoms with Gasteiger partial charge in [-0.25, -0.2) is 26.3 Å². The van der Waals surface area contributed by atoms with Gasteiger partial charge in [-0.15, -0.1) is 0 Å². The van der Waals surface area contributed by atoms with E-state index >= 15 is 0 Å². The molecule has 0 bridgehead atoms. The van der Waals surface area contributed by atoms with Crippen LogP contribution >= 0.6 is 0 Å². The highest BCUT2D eigenvalue weighted by atomic mass is 32.2. The van der Waals surface area contributed by atoms with Crippen molar-refractivity contribution in [3.63, 3.8) is 0 Å². The summed E-state index contributed by atoms with van der Waals surface area (Å²) in [7, 11) is -4.45. The number of benzene rings is 1. The zero-order chi connectivity index (χ0) is 15.6. The molecule has 114 valence electrons. The molecule has 0 aromatic heterocycles. The highest BCUT2D eigenvalue weighted by Gasteiger charge is 2.16. The Morgan fingerprint density at radius 2 is 1.80 bits per heavy atom. The van der Waals surface area contributed by atoms with Crippen LogP contribution in [0.4, 0.5) is 11.4 Å². The largest absolute Gasteiger partial charge is 0.399 e. The Bertz CT molecular complexity index is 683. The molecule has 5 N–H and O–H groups in total. The Hall–Kier alpha value is -1.36. The Morgan fingerprint density at radius 3 is 2.30 bits per heavy atom. The highest BCUT2D eigenvalue weighted by Crippen LogP contribution is 2.22. The van der Waals surface area contributed by atoms with Crippen molar-refractivity contribution in [1.82, 2.24) is 4.31 Å². The molecule has 20 heavy (non-hydrogen) atoms. The Morgan fingerprint density at radius 1 is 1.20 bits per heavy atom. The van der Waals surface area contributed by atoms with E-state index in [0.717, 1.165) is 4.31 Å². The number of primary sulfonamides is 1. The molecule has 1 rings (SSSR count). The maximum atomic E-state index is 11.6. The number of nitrogens with one attached hydrogen (secondary N) is 1. The zero-order valence-corrected chi connectivity index (χ0v) is 12.8. The van der Waals surface area contributed by atoms with Crippen molar-refractivity contribution in [3.05, 3.63) is 18.2 Å². The minimum Gasteiger partial charge on any atom is -0.399 e. The van der Waals surface area contributed by atoms with Crippen molar-refractivity contribution in [2.45, 2.75) is 4.90 Å². The van der Waals surface area contributed by atoms with E-state index < -0.39 is 20.0 Å². The standard InChI is InChI=1S/C10H18N4O4S2/c1-14(2)19(15,16)6-5-13-9-4-3-8(11)7-10(9)20(12,17)18/h3-4,7,13H,5-6,11H2,1-2H3,(H2,12,17,18). The molecule has 0 atom stereocenters. The van der Waals surface area contributed by atoms with Crippen molar-refractivity contribution >= 4 is 31.4 Å². The van der Waals surface area contributed by atoms with Crippen molar-refractivity contribution in [3.8, 4) is 0 Å².